The molecule has 1 aliphatic carbocycles. The number of carbonyl (C=O) groups excluding carboxylic acids is 1. The number of nitro benzene ring substituents is 1. The predicted octanol–water partition coefficient (Wildman–Crippen LogP) is 4.33. The van der Waals surface area contributed by atoms with Gasteiger partial charge in [0.2, 0.25) is 0 Å². The predicted molar refractivity (Wildman–Crippen MR) is 116 cm³/mol. The molecule has 0 fully saturated rings. The quantitative estimate of drug-likeness (QED) is 0.345. The summed E-state index contributed by atoms with van der Waals surface area (Å²) in [6, 6.07) is 6.54. The van der Waals surface area contributed by atoms with E-state index in [0.29, 0.717) is 20.6 Å². The molecule has 1 aromatic carbocycles. The van der Waals surface area contributed by atoms with Crippen LogP contribution >= 0.6 is 23.1 Å². The van der Waals surface area contributed by atoms with Crippen molar-refractivity contribution in [3.8, 4) is 6.07 Å². The third-order valence-corrected chi connectivity index (χ3v) is 7.37. The van der Waals surface area contributed by atoms with Crippen LogP contribution in [0.25, 0.3) is 0 Å². The number of anilines is 1. The van der Waals surface area contributed by atoms with Crippen LogP contribution in [0.15, 0.2) is 34.6 Å². The number of carbonyl (C=O) groups is 1. The van der Waals surface area contributed by atoms with E-state index in [0.717, 1.165) is 54.3 Å². The Hall–Kier alpha value is -3.23. The molecule has 0 bridgehead atoms. The Morgan fingerprint density at radius 2 is 2.16 bits per heavy atom. The molecule has 158 valence electrons. The average molecular weight is 455 g/mol. The molecule has 2 heterocycles. The fourth-order valence-corrected chi connectivity index (χ4v) is 5.56. The van der Waals surface area contributed by atoms with Gasteiger partial charge in [0.25, 0.3) is 11.6 Å². The molecular weight excluding hydrogens is 436 g/mol. The van der Waals surface area contributed by atoms with E-state index in [2.05, 4.69) is 21.6 Å². The maximum atomic E-state index is 12.9. The zero-order valence-electron chi connectivity index (χ0n) is 16.6. The number of nitrogens with zero attached hydrogens (tertiary/aromatic N) is 5. The van der Waals surface area contributed by atoms with Crippen molar-refractivity contribution in [1.29, 1.82) is 5.26 Å². The number of aryl methyl sites for hydroxylation is 2. The van der Waals surface area contributed by atoms with E-state index >= 15 is 0 Å². The first-order valence-corrected chi connectivity index (χ1v) is 11.3. The molecule has 1 N–H and O–H groups in total. The highest BCUT2D eigenvalue weighted by atomic mass is 32.2. The highest BCUT2D eigenvalue weighted by molar-refractivity contribution is 7.99. The van der Waals surface area contributed by atoms with Crippen LogP contribution in [-0.4, -0.2) is 25.6 Å². The van der Waals surface area contributed by atoms with E-state index in [1.165, 1.54) is 35.9 Å². The number of nitro groups is 1. The first-order valence-electron chi connectivity index (χ1n) is 9.64. The lowest BCUT2D eigenvalue weighted by atomic mass is 10.1. The number of rotatable bonds is 5. The molecule has 0 saturated heterocycles. The van der Waals surface area contributed by atoms with Gasteiger partial charge in [0.1, 0.15) is 17.4 Å². The minimum Gasteiger partial charge on any atom is -0.312 e. The van der Waals surface area contributed by atoms with Gasteiger partial charge >= 0.3 is 0 Å². The van der Waals surface area contributed by atoms with E-state index in [1.807, 2.05) is 0 Å². The standard InChI is InChI=1S/C20H18N6O3S2/c1-25-11-22-24-20(25)31-17-8-7-12(9-15(17)26(28)29)18(27)23-19-14(10-21)13-5-3-2-4-6-16(13)30-19/h7-9,11H,2-6H2,1H3,(H,23,27). The van der Waals surface area contributed by atoms with Crippen LogP contribution in [0.1, 0.15) is 45.6 Å². The maximum Gasteiger partial charge on any atom is 0.284 e. The summed E-state index contributed by atoms with van der Waals surface area (Å²) in [5, 5.41) is 32.8. The van der Waals surface area contributed by atoms with E-state index in [4.69, 9.17) is 0 Å². The molecule has 0 atom stereocenters. The fraction of sp³-hybridized carbons (Fsp3) is 0.300. The molecule has 1 aliphatic rings. The summed E-state index contributed by atoms with van der Waals surface area (Å²) in [6.07, 6.45) is 6.49. The molecule has 4 rings (SSSR count). The van der Waals surface area contributed by atoms with E-state index in [1.54, 1.807) is 11.6 Å². The first-order chi connectivity index (χ1) is 15.0. The summed E-state index contributed by atoms with van der Waals surface area (Å²) < 4.78 is 1.65. The van der Waals surface area contributed by atoms with Crippen molar-refractivity contribution >= 4 is 39.7 Å². The summed E-state index contributed by atoms with van der Waals surface area (Å²) in [5.74, 6) is -0.480. The molecule has 0 aliphatic heterocycles. The Balaban J connectivity index is 1.61. The topological polar surface area (TPSA) is 127 Å². The van der Waals surface area contributed by atoms with E-state index < -0.39 is 10.8 Å². The third-order valence-electron chi connectivity index (χ3n) is 5.05. The van der Waals surface area contributed by atoms with E-state index in [-0.39, 0.29) is 11.3 Å². The average Bonchev–Trinajstić information content (AvgIpc) is 3.21. The summed E-state index contributed by atoms with van der Waals surface area (Å²) in [5.41, 5.74) is 1.51. The lowest BCUT2D eigenvalue weighted by molar-refractivity contribution is -0.387. The summed E-state index contributed by atoms with van der Waals surface area (Å²) in [6.45, 7) is 0. The van der Waals surface area contributed by atoms with Crippen molar-refractivity contribution in [3.05, 3.63) is 56.2 Å². The van der Waals surface area contributed by atoms with Gasteiger partial charge in [0, 0.05) is 23.6 Å². The normalized spacial score (nSPS) is 13.2. The Bertz CT molecular complexity index is 1210. The van der Waals surface area contributed by atoms with Crippen molar-refractivity contribution in [2.24, 2.45) is 7.05 Å². The molecule has 31 heavy (non-hydrogen) atoms. The third kappa shape index (κ3) is 4.30. The lowest BCUT2D eigenvalue weighted by Crippen LogP contribution is -2.12. The summed E-state index contributed by atoms with van der Waals surface area (Å²) in [4.78, 5) is 25.4. The molecule has 2 aromatic heterocycles. The molecule has 0 radical (unpaired) electrons. The van der Waals surface area contributed by atoms with Crippen LogP contribution in [0, 0.1) is 21.4 Å². The van der Waals surface area contributed by atoms with Gasteiger partial charge in [-0.15, -0.1) is 21.5 Å². The number of amides is 1. The molecular formula is C20H18N6O3S2. The Morgan fingerprint density at radius 1 is 1.35 bits per heavy atom. The number of nitriles is 1. The van der Waals surface area contributed by atoms with Crippen molar-refractivity contribution in [2.75, 3.05) is 5.32 Å². The summed E-state index contributed by atoms with van der Waals surface area (Å²) >= 11 is 2.53. The van der Waals surface area contributed by atoms with Gasteiger partial charge in [-0.2, -0.15) is 5.26 Å². The number of benzene rings is 1. The molecule has 9 nitrogen and oxygen atoms in total. The minimum absolute atomic E-state index is 0.154. The van der Waals surface area contributed by atoms with Gasteiger partial charge in [-0.05, 0) is 55.1 Å². The van der Waals surface area contributed by atoms with Crippen molar-refractivity contribution in [3.63, 3.8) is 0 Å². The van der Waals surface area contributed by atoms with Gasteiger partial charge in [0.15, 0.2) is 5.16 Å². The SMILES string of the molecule is Cn1cnnc1Sc1ccc(C(=O)Nc2sc3c(c2C#N)CCCCC3)cc1[N+](=O)[O-]. The smallest absolute Gasteiger partial charge is 0.284 e. The number of aromatic nitrogens is 3. The van der Waals surface area contributed by atoms with Crippen LogP contribution in [-0.2, 0) is 19.9 Å². The highest BCUT2D eigenvalue weighted by Crippen LogP contribution is 2.38. The van der Waals surface area contributed by atoms with Gasteiger partial charge in [0.05, 0.1) is 15.4 Å². The second kappa shape index (κ2) is 8.87. The van der Waals surface area contributed by atoms with E-state index in [9.17, 15) is 20.2 Å². The molecule has 1 amide bonds. The molecule has 11 heteroatoms. The number of thiophene rings is 1. The number of fused-ring (bicyclic) bond motifs is 1. The van der Waals surface area contributed by atoms with Crippen molar-refractivity contribution in [2.45, 2.75) is 42.2 Å². The highest BCUT2D eigenvalue weighted by Gasteiger charge is 2.23. The van der Waals surface area contributed by atoms with Crippen molar-refractivity contribution < 1.29 is 9.72 Å². The van der Waals surface area contributed by atoms with Gasteiger partial charge in [-0.3, -0.25) is 14.9 Å². The zero-order valence-corrected chi connectivity index (χ0v) is 18.3. The van der Waals surface area contributed by atoms with Crippen LogP contribution in [0.5, 0.6) is 0 Å². The Labute approximate surface area is 186 Å². The first kappa shape index (κ1) is 21.0. The Kier molecular flexibility index (Phi) is 6.01. The molecule has 0 saturated carbocycles. The molecule has 0 spiro atoms. The number of nitrogens with one attached hydrogen (secondary N) is 1. The lowest BCUT2D eigenvalue weighted by Gasteiger charge is -2.07. The second-order valence-electron chi connectivity index (χ2n) is 7.10. The largest absolute Gasteiger partial charge is 0.312 e. The monoisotopic (exact) mass is 454 g/mol. The number of hydrogen-bond acceptors (Lipinski definition) is 8. The van der Waals surface area contributed by atoms with Gasteiger partial charge < -0.3 is 9.88 Å². The molecule has 0 unspecified atom stereocenters. The minimum atomic E-state index is -0.524. The van der Waals surface area contributed by atoms with Gasteiger partial charge in [-0.1, -0.05) is 6.42 Å². The fourth-order valence-electron chi connectivity index (χ4n) is 3.48. The summed E-state index contributed by atoms with van der Waals surface area (Å²) in [7, 11) is 1.74. The zero-order chi connectivity index (χ0) is 22.0. The van der Waals surface area contributed by atoms with Crippen LogP contribution < -0.4 is 5.32 Å². The Morgan fingerprint density at radius 3 is 2.87 bits per heavy atom. The van der Waals surface area contributed by atoms with Crippen LogP contribution in [0.3, 0.4) is 0 Å². The van der Waals surface area contributed by atoms with Gasteiger partial charge in [-0.25, -0.2) is 0 Å². The van der Waals surface area contributed by atoms with Crippen LogP contribution in [0.2, 0.25) is 0 Å². The molecule has 3 aromatic rings. The second-order valence-corrected chi connectivity index (χ2v) is 9.21. The number of hydrogen-bond donors (Lipinski definition) is 1. The van der Waals surface area contributed by atoms with Crippen LogP contribution in [0.4, 0.5) is 10.7 Å². The maximum absolute atomic E-state index is 12.9. The van der Waals surface area contributed by atoms with Crippen molar-refractivity contribution in [1.82, 2.24) is 14.8 Å².